The fourth-order valence-electron chi connectivity index (χ4n) is 3.66. The Kier molecular flexibility index (Phi) is 5.23. The molecule has 0 aliphatic carbocycles. The predicted octanol–water partition coefficient (Wildman–Crippen LogP) is 3.19. The number of aryl methyl sites for hydroxylation is 1. The zero-order valence-corrected chi connectivity index (χ0v) is 15.6. The van der Waals surface area contributed by atoms with E-state index in [9.17, 15) is 4.79 Å². The summed E-state index contributed by atoms with van der Waals surface area (Å²) in [7, 11) is 2.01. The zero-order valence-electron chi connectivity index (χ0n) is 15.6. The number of ether oxygens (including phenoxy) is 1. The van der Waals surface area contributed by atoms with Crippen LogP contribution in [0.2, 0.25) is 0 Å². The van der Waals surface area contributed by atoms with E-state index in [2.05, 4.69) is 39.0 Å². The van der Waals surface area contributed by atoms with Gasteiger partial charge in [-0.05, 0) is 29.3 Å². The Morgan fingerprint density at radius 3 is 2.59 bits per heavy atom. The van der Waals surface area contributed by atoms with Gasteiger partial charge in [0.15, 0.2) is 0 Å². The van der Waals surface area contributed by atoms with Gasteiger partial charge < -0.3 is 14.6 Å². The third-order valence-corrected chi connectivity index (χ3v) is 5.08. The highest BCUT2D eigenvalue weighted by Crippen LogP contribution is 2.21. The summed E-state index contributed by atoms with van der Waals surface area (Å²) in [6, 6.07) is 16.3. The Morgan fingerprint density at radius 2 is 1.81 bits per heavy atom. The molecule has 27 heavy (non-hydrogen) atoms. The van der Waals surface area contributed by atoms with Crippen LogP contribution in [-0.2, 0) is 29.5 Å². The topological polar surface area (TPSA) is 46.5 Å². The average Bonchev–Trinajstić information content (AvgIpc) is 3.00. The van der Waals surface area contributed by atoms with Gasteiger partial charge in [-0.3, -0.25) is 9.69 Å². The second-order valence-corrected chi connectivity index (χ2v) is 7.09. The van der Waals surface area contributed by atoms with Crippen LogP contribution in [0.4, 0.5) is 5.69 Å². The monoisotopic (exact) mass is 363 g/mol. The Hall–Kier alpha value is -2.63. The number of amides is 1. The number of hydrogen-bond acceptors (Lipinski definition) is 3. The number of hydrogen-bond donors (Lipinski definition) is 1. The zero-order chi connectivity index (χ0) is 18.6. The molecule has 1 saturated heterocycles. The summed E-state index contributed by atoms with van der Waals surface area (Å²) >= 11 is 0. The maximum absolute atomic E-state index is 12.5. The molecule has 3 aromatic rings. The minimum Gasteiger partial charge on any atom is -0.379 e. The summed E-state index contributed by atoms with van der Waals surface area (Å²) in [4.78, 5) is 14.9. The lowest BCUT2D eigenvalue weighted by Gasteiger charge is -2.26. The third-order valence-electron chi connectivity index (χ3n) is 5.08. The summed E-state index contributed by atoms with van der Waals surface area (Å²) < 4.78 is 7.45. The van der Waals surface area contributed by atoms with E-state index in [1.54, 1.807) is 0 Å². The van der Waals surface area contributed by atoms with Crippen molar-refractivity contribution in [1.82, 2.24) is 9.47 Å². The Bertz CT molecular complexity index is 924. The molecule has 5 nitrogen and oxygen atoms in total. The van der Waals surface area contributed by atoms with Gasteiger partial charge in [0.25, 0.3) is 0 Å². The van der Waals surface area contributed by atoms with Crippen LogP contribution >= 0.6 is 0 Å². The summed E-state index contributed by atoms with van der Waals surface area (Å²) in [5.41, 5.74) is 4.29. The van der Waals surface area contributed by atoms with Gasteiger partial charge >= 0.3 is 0 Å². The van der Waals surface area contributed by atoms with E-state index < -0.39 is 0 Å². The molecule has 5 heteroatoms. The molecule has 1 amide bonds. The molecule has 1 aliphatic heterocycles. The first-order valence-corrected chi connectivity index (χ1v) is 9.41. The normalized spacial score (nSPS) is 15.1. The molecule has 0 spiro atoms. The number of carbonyl (C=O) groups is 1. The van der Waals surface area contributed by atoms with E-state index in [1.807, 2.05) is 37.5 Å². The Labute approximate surface area is 159 Å². The van der Waals surface area contributed by atoms with Gasteiger partial charge in [-0.2, -0.15) is 0 Å². The first kappa shape index (κ1) is 17.8. The number of fused-ring (bicyclic) bond motifs is 1. The molecule has 0 radical (unpaired) electrons. The molecular weight excluding hydrogens is 338 g/mol. The highest BCUT2D eigenvalue weighted by molar-refractivity contribution is 5.95. The minimum absolute atomic E-state index is 0.00674. The molecule has 1 fully saturated rings. The number of anilines is 1. The molecule has 0 saturated carbocycles. The Morgan fingerprint density at radius 1 is 1.07 bits per heavy atom. The Balaban J connectivity index is 1.37. The van der Waals surface area contributed by atoms with Gasteiger partial charge in [-0.1, -0.05) is 30.3 Å². The van der Waals surface area contributed by atoms with Crippen molar-refractivity contribution in [3.8, 4) is 0 Å². The number of benzene rings is 2. The van der Waals surface area contributed by atoms with Gasteiger partial charge in [0, 0.05) is 49.5 Å². The molecule has 4 rings (SSSR count). The van der Waals surface area contributed by atoms with E-state index in [0.29, 0.717) is 6.42 Å². The van der Waals surface area contributed by atoms with Crippen LogP contribution in [0.3, 0.4) is 0 Å². The number of rotatable bonds is 5. The largest absolute Gasteiger partial charge is 0.379 e. The average molecular weight is 363 g/mol. The van der Waals surface area contributed by atoms with E-state index >= 15 is 0 Å². The van der Waals surface area contributed by atoms with Crippen LogP contribution in [0, 0.1) is 0 Å². The van der Waals surface area contributed by atoms with Gasteiger partial charge in [0.2, 0.25) is 5.91 Å². The summed E-state index contributed by atoms with van der Waals surface area (Å²) in [6.07, 6.45) is 2.41. The van der Waals surface area contributed by atoms with Crippen molar-refractivity contribution < 1.29 is 9.53 Å². The van der Waals surface area contributed by atoms with Crippen LogP contribution < -0.4 is 5.32 Å². The van der Waals surface area contributed by atoms with E-state index in [-0.39, 0.29) is 5.91 Å². The summed E-state index contributed by atoms with van der Waals surface area (Å²) in [5, 5.41) is 4.15. The van der Waals surface area contributed by atoms with Crippen molar-refractivity contribution in [1.29, 1.82) is 0 Å². The van der Waals surface area contributed by atoms with Gasteiger partial charge in [-0.25, -0.2) is 0 Å². The van der Waals surface area contributed by atoms with Crippen molar-refractivity contribution in [2.24, 2.45) is 7.05 Å². The maximum atomic E-state index is 12.5. The van der Waals surface area contributed by atoms with Crippen molar-refractivity contribution in [3.05, 3.63) is 65.9 Å². The molecule has 0 unspecified atom stereocenters. The number of nitrogens with zero attached hydrogens (tertiary/aromatic N) is 2. The van der Waals surface area contributed by atoms with Crippen molar-refractivity contribution in [3.63, 3.8) is 0 Å². The van der Waals surface area contributed by atoms with Gasteiger partial charge in [0.05, 0.1) is 19.6 Å². The molecular formula is C22H25N3O2. The SMILES string of the molecule is Cn1cc(CC(=O)Nc2ccc(CN3CCOCC3)cc2)c2ccccc21. The molecule has 1 N–H and O–H groups in total. The first-order valence-electron chi connectivity index (χ1n) is 9.41. The van der Waals surface area contributed by atoms with Crippen LogP contribution in [0.15, 0.2) is 54.7 Å². The van der Waals surface area contributed by atoms with Crippen molar-refractivity contribution in [2.75, 3.05) is 31.6 Å². The predicted molar refractivity (Wildman–Crippen MR) is 108 cm³/mol. The minimum atomic E-state index is 0.00674. The van der Waals surface area contributed by atoms with Gasteiger partial charge in [0.1, 0.15) is 0 Å². The van der Waals surface area contributed by atoms with E-state index in [4.69, 9.17) is 4.74 Å². The quantitative estimate of drug-likeness (QED) is 0.757. The number of morpholine rings is 1. The van der Waals surface area contributed by atoms with Crippen LogP contribution in [0.5, 0.6) is 0 Å². The molecule has 140 valence electrons. The van der Waals surface area contributed by atoms with Crippen LogP contribution in [0.25, 0.3) is 10.9 Å². The molecule has 0 bridgehead atoms. The number of nitrogens with one attached hydrogen (secondary N) is 1. The highest BCUT2D eigenvalue weighted by Gasteiger charge is 2.12. The molecule has 1 aliphatic rings. The lowest BCUT2D eigenvalue weighted by atomic mass is 10.1. The molecule has 0 atom stereocenters. The lowest BCUT2D eigenvalue weighted by Crippen LogP contribution is -2.35. The number of para-hydroxylation sites is 1. The fraction of sp³-hybridized carbons (Fsp3) is 0.318. The first-order chi connectivity index (χ1) is 13.2. The standard InChI is InChI=1S/C22H25N3O2/c1-24-16-18(20-4-2-3-5-21(20)24)14-22(26)23-19-8-6-17(7-9-19)15-25-10-12-27-13-11-25/h2-9,16H,10-15H2,1H3,(H,23,26). The highest BCUT2D eigenvalue weighted by atomic mass is 16.5. The van der Waals surface area contributed by atoms with Crippen LogP contribution in [-0.4, -0.2) is 41.7 Å². The molecule has 1 aromatic heterocycles. The fourth-order valence-corrected chi connectivity index (χ4v) is 3.66. The van der Waals surface area contributed by atoms with Gasteiger partial charge in [-0.15, -0.1) is 0 Å². The van der Waals surface area contributed by atoms with Crippen molar-refractivity contribution in [2.45, 2.75) is 13.0 Å². The van der Waals surface area contributed by atoms with Crippen molar-refractivity contribution >= 4 is 22.5 Å². The second-order valence-electron chi connectivity index (χ2n) is 7.09. The maximum Gasteiger partial charge on any atom is 0.228 e. The molecule has 2 heterocycles. The second kappa shape index (κ2) is 7.94. The number of aromatic nitrogens is 1. The molecule has 2 aromatic carbocycles. The summed E-state index contributed by atoms with van der Waals surface area (Å²) in [5.74, 6) is 0.00674. The van der Waals surface area contributed by atoms with E-state index in [0.717, 1.165) is 55.0 Å². The number of carbonyl (C=O) groups excluding carboxylic acids is 1. The third kappa shape index (κ3) is 4.21. The smallest absolute Gasteiger partial charge is 0.228 e. The summed E-state index contributed by atoms with van der Waals surface area (Å²) in [6.45, 7) is 4.49. The van der Waals surface area contributed by atoms with E-state index in [1.165, 1.54) is 5.56 Å². The van der Waals surface area contributed by atoms with Crippen LogP contribution in [0.1, 0.15) is 11.1 Å². The lowest BCUT2D eigenvalue weighted by molar-refractivity contribution is -0.115.